The molecular weight excluding hydrogens is 184 g/mol. The normalized spacial score (nSPS) is 6.86. The van der Waals surface area contributed by atoms with E-state index in [4.69, 9.17) is 0 Å². The van der Waals surface area contributed by atoms with Crippen LogP contribution in [0.15, 0.2) is 36.4 Å². The summed E-state index contributed by atoms with van der Waals surface area (Å²) in [4.78, 5) is 0. The fourth-order valence-electron chi connectivity index (χ4n) is 0.385. The number of benzene rings is 1. The van der Waals surface area contributed by atoms with Crippen molar-refractivity contribution >= 4 is 0 Å². The van der Waals surface area contributed by atoms with Crippen LogP contribution in [-0.2, 0) is 27.3 Å². The van der Waals surface area contributed by atoms with E-state index in [-0.39, 0.29) is 27.3 Å². The predicted octanol–water partition coefficient (Wildman–Crippen LogP) is 1.68. The van der Waals surface area contributed by atoms with Gasteiger partial charge in [-0.15, -0.1) is 0 Å². The summed E-state index contributed by atoms with van der Waals surface area (Å²) in [6.45, 7) is 0. The van der Waals surface area contributed by atoms with Crippen molar-refractivity contribution in [3.05, 3.63) is 36.4 Å². The zero-order valence-corrected chi connectivity index (χ0v) is 8.21. The molecule has 0 saturated heterocycles. The molecular formula is C6H6Cd. The molecule has 0 nitrogen and oxygen atoms in total. The molecule has 1 heteroatoms. The van der Waals surface area contributed by atoms with Gasteiger partial charge in [0.25, 0.3) is 0 Å². The maximum Gasteiger partial charge on any atom is 0 e. The molecule has 1 rings (SSSR count). The predicted molar refractivity (Wildman–Crippen MR) is 26.4 cm³/mol. The number of rotatable bonds is 0. The van der Waals surface area contributed by atoms with E-state index in [2.05, 4.69) is 0 Å². The van der Waals surface area contributed by atoms with Gasteiger partial charge in [0.1, 0.15) is 0 Å². The van der Waals surface area contributed by atoms with Crippen molar-refractivity contribution in [2.75, 3.05) is 0 Å². The van der Waals surface area contributed by atoms with Crippen molar-refractivity contribution in [2.24, 2.45) is 0 Å². The third-order valence-electron chi connectivity index (χ3n) is 0.667. The summed E-state index contributed by atoms with van der Waals surface area (Å²) in [5.74, 6) is 0. The van der Waals surface area contributed by atoms with E-state index in [0.29, 0.717) is 0 Å². The Morgan fingerprint density at radius 3 is 0.714 bits per heavy atom. The van der Waals surface area contributed by atoms with Gasteiger partial charge in [0.2, 0.25) is 0 Å². The van der Waals surface area contributed by atoms with Crippen LogP contribution in [0.4, 0.5) is 0 Å². The summed E-state index contributed by atoms with van der Waals surface area (Å²) in [6, 6.07) is 12.0. The Bertz CT molecular complexity index is 76.1. The van der Waals surface area contributed by atoms with Crippen LogP contribution in [0.25, 0.3) is 0 Å². The Kier molecular flexibility index (Phi) is 4.39. The Balaban J connectivity index is 0.000000360. The summed E-state index contributed by atoms with van der Waals surface area (Å²) in [5.41, 5.74) is 0. The van der Waals surface area contributed by atoms with Crippen LogP contribution in [-0.4, -0.2) is 0 Å². The SMILES string of the molecule is [Cd].c1ccccc1. The van der Waals surface area contributed by atoms with Crippen LogP contribution in [0.2, 0.25) is 0 Å². The van der Waals surface area contributed by atoms with Gasteiger partial charge in [0.05, 0.1) is 0 Å². The Morgan fingerprint density at radius 2 is 0.571 bits per heavy atom. The van der Waals surface area contributed by atoms with Crippen molar-refractivity contribution in [2.45, 2.75) is 0 Å². The maximum atomic E-state index is 2.00. The molecule has 0 fully saturated rings. The van der Waals surface area contributed by atoms with E-state index in [1.165, 1.54) is 0 Å². The van der Waals surface area contributed by atoms with Gasteiger partial charge in [-0.2, -0.15) is 0 Å². The quantitative estimate of drug-likeness (QED) is 0.546. The second-order valence-corrected chi connectivity index (χ2v) is 1.15. The molecule has 0 aromatic heterocycles. The van der Waals surface area contributed by atoms with Crippen LogP contribution in [0.5, 0.6) is 0 Å². The van der Waals surface area contributed by atoms with E-state index in [9.17, 15) is 0 Å². The van der Waals surface area contributed by atoms with Gasteiger partial charge < -0.3 is 0 Å². The van der Waals surface area contributed by atoms with Crippen LogP contribution >= 0.6 is 0 Å². The first-order valence-electron chi connectivity index (χ1n) is 2.00. The molecule has 0 atom stereocenters. The third-order valence-corrected chi connectivity index (χ3v) is 0.667. The number of hydrogen-bond donors (Lipinski definition) is 0. The van der Waals surface area contributed by atoms with Crippen molar-refractivity contribution < 1.29 is 27.3 Å². The van der Waals surface area contributed by atoms with Crippen LogP contribution < -0.4 is 0 Å². The van der Waals surface area contributed by atoms with Crippen LogP contribution in [0.3, 0.4) is 0 Å². The molecule has 0 radical (unpaired) electrons. The topological polar surface area (TPSA) is 0 Å². The van der Waals surface area contributed by atoms with E-state index in [1.54, 1.807) is 0 Å². The average molecular weight is 191 g/mol. The fraction of sp³-hybridized carbons (Fsp3) is 0. The Hall–Kier alpha value is 0.142. The van der Waals surface area contributed by atoms with E-state index in [1.807, 2.05) is 36.4 Å². The smallest absolute Gasteiger partial charge is 0 e. The van der Waals surface area contributed by atoms with Crippen molar-refractivity contribution in [1.82, 2.24) is 0 Å². The largest absolute Gasteiger partial charge is 0.0623 e. The number of hydrogen-bond acceptors (Lipinski definition) is 0. The Morgan fingerprint density at radius 1 is 0.429 bits per heavy atom. The second-order valence-electron chi connectivity index (χ2n) is 1.15. The molecule has 32 valence electrons. The van der Waals surface area contributed by atoms with E-state index >= 15 is 0 Å². The first-order valence-corrected chi connectivity index (χ1v) is 2.00. The van der Waals surface area contributed by atoms with E-state index < -0.39 is 0 Å². The molecule has 0 bridgehead atoms. The summed E-state index contributed by atoms with van der Waals surface area (Å²) in [5, 5.41) is 0. The van der Waals surface area contributed by atoms with Gasteiger partial charge in [-0.05, 0) is 0 Å². The van der Waals surface area contributed by atoms with Gasteiger partial charge in [-0.3, -0.25) is 0 Å². The molecule has 0 aliphatic heterocycles. The van der Waals surface area contributed by atoms with Crippen LogP contribution in [0.1, 0.15) is 0 Å². The van der Waals surface area contributed by atoms with Crippen molar-refractivity contribution in [3.8, 4) is 0 Å². The summed E-state index contributed by atoms with van der Waals surface area (Å²) >= 11 is 0. The molecule has 1 aromatic rings. The van der Waals surface area contributed by atoms with Crippen molar-refractivity contribution in [1.29, 1.82) is 0 Å². The van der Waals surface area contributed by atoms with Gasteiger partial charge >= 0.3 is 0 Å². The maximum absolute atomic E-state index is 2.00. The molecule has 0 unspecified atom stereocenters. The summed E-state index contributed by atoms with van der Waals surface area (Å²) < 4.78 is 0. The first-order chi connectivity index (χ1) is 3.00. The van der Waals surface area contributed by atoms with Gasteiger partial charge in [-0.25, -0.2) is 0 Å². The standard InChI is InChI=1S/C6H6.Cd/c1-2-4-6-5-3-1;/h1-6H;. The minimum Gasteiger partial charge on any atom is -0.0623 e. The molecule has 0 saturated carbocycles. The zero-order chi connectivity index (χ0) is 4.24. The molecule has 0 heterocycles. The molecule has 0 N–H and O–H groups in total. The molecule has 7 heavy (non-hydrogen) atoms. The fourth-order valence-corrected chi connectivity index (χ4v) is 0.385. The molecule has 0 amide bonds. The molecule has 0 aliphatic rings. The van der Waals surface area contributed by atoms with Gasteiger partial charge in [0.15, 0.2) is 0 Å². The van der Waals surface area contributed by atoms with Gasteiger partial charge in [0, 0.05) is 27.3 Å². The monoisotopic (exact) mass is 192 g/mol. The third kappa shape index (κ3) is 2.79. The van der Waals surface area contributed by atoms with Crippen LogP contribution in [0, 0.1) is 0 Å². The second kappa shape index (κ2) is 4.30. The molecule has 1 aromatic carbocycles. The van der Waals surface area contributed by atoms with Crippen molar-refractivity contribution in [3.63, 3.8) is 0 Å². The molecule has 0 aliphatic carbocycles. The van der Waals surface area contributed by atoms with E-state index in [0.717, 1.165) is 0 Å². The summed E-state index contributed by atoms with van der Waals surface area (Å²) in [7, 11) is 0. The first kappa shape index (κ1) is 7.14. The minimum atomic E-state index is 0. The summed E-state index contributed by atoms with van der Waals surface area (Å²) in [6.07, 6.45) is 0. The average Bonchev–Trinajstić information content (AvgIpc) is 1.72. The molecule has 0 spiro atoms. The van der Waals surface area contributed by atoms with Gasteiger partial charge in [-0.1, -0.05) is 36.4 Å². The minimum absolute atomic E-state index is 0. The zero-order valence-electron chi connectivity index (χ0n) is 4.17. The Labute approximate surface area is 63.7 Å².